The summed E-state index contributed by atoms with van der Waals surface area (Å²) in [5, 5.41) is 3.15. The van der Waals surface area contributed by atoms with Gasteiger partial charge in [-0.15, -0.1) is 0 Å². The Labute approximate surface area is 184 Å². The lowest BCUT2D eigenvalue weighted by atomic mass is 9.81. The molecule has 9 heteroatoms. The first-order valence-corrected chi connectivity index (χ1v) is 10.2. The van der Waals surface area contributed by atoms with Gasteiger partial charge in [-0.1, -0.05) is 65.1 Å². The van der Waals surface area contributed by atoms with E-state index in [0.717, 1.165) is 11.1 Å². The van der Waals surface area contributed by atoms with Crippen molar-refractivity contribution in [3.8, 4) is 0 Å². The average molecular weight is 587 g/mol. The molecule has 0 saturated heterocycles. The Morgan fingerprint density at radius 1 is 1.26 bits per heavy atom. The third kappa shape index (κ3) is 3.27. The zero-order valence-corrected chi connectivity index (χ0v) is 18.8. The van der Waals surface area contributed by atoms with Gasteiger partial charge >= 0.3 is 6.03 Å². The van der Waals surface area contributed by atoms with Crippen LogP contribution in [0.3, 0.4) is 0 Å². The van der Waals surface area contributed by atoms with Crippen LogP contribution in [-0.4, -0.2) is 23.9 Å². The van der Waals surface area contributed by atoms with Gasteiger partial charge in [0.05, 0.1) is 38.0 Å². The largest absolute Gasteiger partial charge is 0.334 e. The molecule has 0 aliphatic carbocycles. The molecule has 1 heterocycles. The number of rotatable bonds is 3. The summed E-state index contributed by atoms with van der Waals surface area (Å²) < 4.78 is 1.46. The number of urea groups is 1. The second-order valence-corrected chi connectivity index (χ2v) is 8.48. The molecule has 2 unspecified atom stereocenters. The maximum Gasteiger partial charge on any atom is 0.334 e. The van der Waals surface area contributed by atoms with Gasteiger partial charge in [0.25, 0.3) is 0 Å². The zero-order valence-electron chi connectivity index (χ0n) is 14.5. The molecule has 0 fully saturated rings. The molecule has 0 radical (unpaired) electrons. The fourth-order valence-electron chi connectivity index (χ4n) is 3.22. The van der Waals surface area contributed by atoms with Gasteiger partial charge in [-0.05, 0) is 29.2 Å². The number of anilines is 1. The Hall–Kier alpha value is -1.85. The second kappa shape index (κ2) is 7.64. The molecule has 138 valence electrons. The van der Waals surface area contributed by atoms with Crippen molar-refractivity contribution in [2.45, 2.75) is 16.4 Å². The number of carbonyl (C=O) groups excluding carboxylic acids is 2. The van der Waals surface area contributed by atoms with Crippen LogP contribution in [0, 0.1) is 0 Å². The number of amides is 3. The molecule has 3 amide bonds. The van der Waals surface area contributed by atoms with Gasteiger partial charge in [0.15, 0.2) is 0 Å². The lowest BCUT2D eigenvalue weighted by Gasteiger charge is -2.49. The predicted octanol–water partition coefficient (Wildman–Crippen LogP) is 5.75. The molecule has 3 rings (SSSR count). The molecule has 2 aromatic carbocycles. The van der Waals surface area contributed by atoms with Crippen LogP contribution in [0.4, 0.5) is 10.5 Å². The normalized spacial score (nSPS) is 19.9. The molecule has 0 saturated carbocycles. The van der Waals surface area contributed by atoms with E-state index in [-0.39, 0.29) is 15.5 Å². The van der Waals surface area contributed by atoms with Crippen LogP contribution < -0.4 is 3.11 Å². The summed E-state index contributed by atoms with van der Waals surface area (Å²) in [4.78, 5) is 29.2. The van der Waals surface area contributed by atoms with Gasteiger partial charge in [-0.2, -0.15) is 0 Å². The van der Waals surface area contributed by atoms with Crippen molar-refractivity contribution in [1.82, 2.24) is 4.90 Å². The maximum absolute atomic E-state index is 12.9. The summed E-state index contributed by atoms with van der Waals surface area (Å²) >= 11 is 4.29. The van der Waals surface area contributed by atoms with Gasteiger partial charge in [0.2, 0.25) is 5.91 Å². The number of carbonyl (C=O) groups is 2. The monoisotopic (exact) mass is 587 g/mol. The molecule has 0 N–H and O–H groups in total. The molecule has 2 atom stereocenters. The standard InChI is InChI=1S/C18H15I2N5O2/c1-18(15(19)11-6-4-3-5-7-11)13-9-8-12(16(26)22-23-21)10-14(13)25(20)17(27)24(18)2/h3-10,15H,1-2H3. The molecular formula is C18H15I2N5O2. The summed E-state index contributed by atoms with van der Waals surface area (Å²) in [6.07, 6.45) is 0. The number of fused-ring (bicyclic) bond motifs is 1. The highest BCUT2D eigenvalue weighted by Gasteiger charge is 2.48. The topological polar surface area (TPSA) is 89.4 Å². The van der Waals surface area contributed by atoms with Crippen LogP contribution in [0.5, 0.6) is 0 Å². The van der Waals surface area contributed by atoms with E-state index in [1.165, 1.54) is 3.11 Å². The van der Waals surface area contributed by atoms with Gasteiger partial charge < -0.3 is 4.90 Å². The molecule has 0 bridgehead atoms. The molecular weight excluding hydrogens is 572 g/mol. The first kappa shape index (κ1) is 19.9. The van der Waals surface area contributed by atoms with Crippen molar-refractivity contribution in [3.05, 3.63) is 75.7 Å². The highest BCUT2D eigenvalue weighted by molar-refractivity contribution is 14.1. The molecule has 1 aliphatic rings. The molecule has 0 aromatic heterocycles. The summed E-state index contributed by atoms with van der Waals surface area (Å²) in [7, 11) is 1.78. The Kier molecular flexibility index (Phi) is 5.63. The van der Waals surface area contributed by atoms with Gasteiger partial charge in [0.1, 0.15) is 0 Å². The number of azide groups is 1. The lowest BCUT2D eigenvalue weighted by molar-refractivity contribution is 0.0999. The minimum atomic E-state index is -0.674. The minimum absolute atomic E-state index is 0.0206. The van der Waals surface area contributed by atoms with Crippen molar-refractivity contribution >= 4 is 63.1 Å². The second-order valence-electron chi connectivity index (χ2n) is 6.27. The number of hydrogen-bond acceptors (Lipinski definition) is 2. The first-order chi connectivity index (χ1) is 12.8. The van der Waals surface area contributed by atoms with Crippen LogP contribution in [0.15, 0.2) is 53.6 Å². The van der Waals surface area contributed by atoms with E-state index in [2.05, 4.69) is 32.6 Å². The van der Waals surface area contributed by atoms with Crippen LogP contribution in [0.25, 0.3) is 10.4 Å². The smallest absolute Gasteiger partial charge is 0.316 e. The number of halogens is 2. The summed E-state index contributed by atoms with van der Waals surface area (Å²) in [6.45, 7) is 2.02. The number of benzene rings is 2. The van der Waals surface area contributed by atoms with E-state index in [0.29, 0.717) is 5.69 Å². The number of hydrogen-bond donors (Lipinski definition) is 0. The van der Waals surface area contributed by atoms with Crippen LogP contribution in [0.1, 0.15) is 32.3 Å². The molecule has 1 aliphatic heterocycles. The van der Waals surface area contributed by atoms with E-state index >= 15 is 0 Å². The quantitative estimate of drug-likeness (QED) is 0.114. The zero-order chi connectivity index (χ0) is 19.8. The predicted molar refractivity (Wildman–Crippen MR) is 120 cm³/mol. The van der Waals surface area contributed by atoms with E-state index in [1.807, 2.05) is 66.2 Å². The van der Waals surface area contributed by atoms with Crippen molar-refractivity contribution in [1.29, 1.82) is 0 Å². The van der Waals surface area contributed by atoms with Crippen molar-refractivity contribution in [2.24, 2.45) is 5.11 Å². The average Bonchev–Trinajstić information content (AvgIpc) is 2.70. The fourth-order valence-corrected chi connectivity index (χ4v) is 5.11. The van der Waals surface area contributed by atoms with Crippen LogP contribution >= 0.6 is 45.5 Å². The summed E-state index contributed by atoms with van der Waals surface area (Å²) in [5.41, 5.74) is 10.8. The Morgan fingerprint density at radius 2 is 1.93 bits per heavy atom. The minimum Gasteiger partial charge on any atom is -0.316 e. The SMILES string of the molecule is CN1C(=O)N(I)c2cc(C(=O)N=[N+]=[N-])ccc2C1(C)C(I)c1ccccc1. The van der Waals surface area contributed by atoms with Gasteiger partial charge in [-0.3, -0.25) is 4.79 Å². The lowest BCUT2D eigenvalue weighted by Crippen LogP contribution is -2.54. The van der Waals surface area contributed by atoms with Gasteiger partial charge in [0, 0.05) is 23.1 Å². The molecule has 7 nitrogen and oxygen atoms in total. The third-order valence-electron chi connectivity index (χ3n) is 4.87. The molecule has 27 heavy (non-hydrogen) atoms. The third-order valence-corrected chi connectivity index (χ3v) is 7.74. The van der Waals surface area contributed by atoms with E-state index in [9.17, 15) is 9.59 Å². The van der Waals surface area contributed by atoms with E-state index in [4.69, 9.17) is 5.53 Å². The highest BCUT2D eigenvalue weighted by atomic mass is 127. The Bertz CT molecular complexity index is 961. The number of nitrogens with zero attached hydrogens (tertiary/aromatic N) is 5. The Morgan fingerprint density at radius 3 is 2.56 bits per heavy atom. The molecule has 2 aromatic rings. The summed E-state index contributed by atoms with van der Waals surface area (Å²) in [5.74, 6) is -0.674. The maximum atomic E-state index is 12.9. The van der Waals surface area contributed by atoms with Crippen molar-refractivity contribution < 1.29 is 9.59 Å². The first-order valence-electron chi connectivity index (χ1n) is 7.99. The number of likely N-dealkylation sites (N-methyl/N-ethyl adjacent to an activating group) is 1. The van der Waals surface area contributed by atoms with Crippen LogP contribution in [0.2, 0.25) is 0 Å². The fraction of sp³-hybridized carbons (Fsp3) is 0.222. The van der Waals surface area contributed by atoms with E-state index in [1.54, 1.807) is 24.1 Å². The Balaban J connectivity index is 2.19. The van der Waals surface area contributed by atoms with Crippen LogP contribution in [-0.2, 0) is 5.54 Å². The van der Waals surface area contributed by atoms with Crippen molar-refractivity contribution in [3.63, 3.8) is 0 Å². The molecule has 0 spiro atoms. The summed E-state index contributed by atoms with van der Waals surface area (Å²) in [6, 6.07) is 14.9. The number of alkyl halides is 1. The highest BCUT2D eigenvalue weighted by Crippen LogP contribution is 2.52. The van der Waals surface area contributed by atoms with Gasteiger partial charge in [-0.25, -0.2) is 7.91 Å². The van der Waals surface area contributed by atoms with Crippen molar-refractivity contribution in [2.75, 3.05) is 10.2 Å². The van der Waals surface area contributed by atoms with E-state index < -0.39 is 11.4 Å².